The molecule has 0 aliphatic heterocycles. The van der Waals surface area contributed by atoms with Crippen LogP contribution < -0.4 is 4.74 Å². The minimum Gasteiger partial charge on any atom is -0.500 e. The average molecular weight is 203 g/mol. The third-order valence-electron chi connectivity index (χ3n) is 1.67. The van der Waals surface area contributed by atoms with E-state index in [0.717, 1.165) is 5.75 Å². The van der Waals surface area contributed by atoms with Crippen LogP contribution in [0.2, 0.25) is 0 Å². The van der Waals surface area contributed by atoms with Gasteiger partial charge in [0.2, 0.25) is 0 Å². The summed E-state index contributed by atoms with van der Waals surface area (Å²) in [6.45, 7) is 2.65. The highest BCUT2D eigenvalue weighted by Gasteiger charge is 1.97. The van der Waals surface area contributed by atoms with Gasteiger partial charge in [-0.15, -0.1) is 0 Å². The van der Waals surface area contributed by atoms with Crippen molar-refractivity contribution in [2.24, 2.45) is 0 Å². The van der Waals surface area contributed by atoms with E-state index in [9.17, 15) is 0 Å². The molecular weight excluding hydrogens is 190 g/mol. The van der Waals surface area contributed by atoms with Crippen molar-refractivity contribution in [3.8, 4) is 11.8 Å². The highest BCUT2D eigenvalue weighted by molar-refractivity contribution is 5.24. The Labute approximate surface area is 89.6 Å². The Morgan fingerprint density at radius 3 is 2.73 bits per heavy atom. The number of ether oxygens (including phenoxy) is 2. The van der Waals surface area contributed by atoms with Crippen molar-refractivity contribution in [3.63, 3.8) is 0 Å². The number of hydrogen-bond donors (Lipinski definition) is 0. The van der Waals surface area contributed by atoms with Gasteiger partial charge in [-0.2, -0.15) is 5.26 Å². The van der Waals surface area contributed by atoms with Crippen molar-refractivity contribution in [1.82, 2.24) is 0 Å². The van der Waals surface area contributed by atoms with Gasteiger partial charge in [0.1, 0.15) is 30.3 Å². The summed E-state index contributed by atoms with van der Waals surface area (Å²) in [5.41, 5.74) is 0.473. The second-order valence-corrected chi connectivity index (χ2v) is 2.81. The zero-order valence-corrected chi connectivity index (χ0v) is 8.64. The molecule has 1 aromatic rings. The number of para-hydroxylation sites is 1. The van der Waals surface area contributed by atoms with Gasteiger partial charge in [-0.25, -0.2) is 0 Å². The van der Waals surface area contributed by atoms with E-state index < -0.39 is 0 Å². The molecule has 0 saturated heterocycles. The number of hydrogen-bond acceptors (Lipinski definition) is 3. The molecule has 1 aromatic carbocycles. The fourth-order valence-electron chi connectivity index (χ4n) is 0.954. The van der Waals surface area contributed by atoms with Crippen LogP contribution in [0.1, 0.15) is 6.92 Å². The average Bonchev–Trinajstić information content (AvgIpc) is 2.31. The van der Waals surface area contributed by atoms with Gasteiger partial charge in [0.15, 0.2) is 0 Å². The molecule has 0 heterocycles. The molecule has 0 amide bonds. The maximum absolute atomic E-state index is 8.75. The summed E-state index contributed by atoms with van der Waals surface area (Å²) in [6, 6.07) is 11.4. The Kier molecular flexibility index (Phi) is 4.82. The second-order valence-electron chi connectivity index (χ2n) is 2.81. The van der Waals surface area contributed by atoms with Gasteiger partial charge in [-0.1, -0.05) is 18.2 Å². The van der Waals surface area contributed by atoms with Gasteiger partial charge in [-0.3, -0.25) is 0 Å². The van der Waals surface area contributed by atoms with E-state index in [4.69, 9.17) is 14.7 Å². The lowest BCUT2D eigenvalue weighted by atomic mass is 10.3. The summed E-state index contributed by atoms with van der Waals surface area (Å²) in [4.78, 5) is 0. The molecule has 0 aliphatic rings. The Morgan fingerprint density at radius 2 is 2.13 bits per heavy atom. The molecule has 0 fully saturated rings. The minimum atomic E-state index is 0.237. The molecule has 3 nitrogen and oxygen atoms in total. The van der Waals surface area contributed by atoms with E-state index in [1.54, 1.807) is 0 Å². The molecule has 3 heteroatoms. The Morgan fingerprint density at radius 1 is 1.40 bits per heavy atom. The van der Waals surface area contributed by atoms with Crippen molar-refractivity contribution in [1.29, 1.82) is 5.26 Å². The third-order valence-corrected chi connectivity index (χ3v) is 1.67. The monoisotopic (exact) mass is 203 g/mol. The SMILES string of the molecule is CCO/C=C(\C#N)COc1ccccc1. The van der Waals surface area contributed by atoms with E-state index in [0.29, 0.717) is 12.2 Å². The zero-order chi connectivity index (χ0) is 10.9. The molecule has 0 N–H and O–H groups in total. The maximum Gasteiger partial charge on any atom is 0.126 e. The van der Waals surface area contributed by atoms with Gasteiger partial charge >= 0.3 is 0 Å². The van der Waals surface area contributed by atoms with E-state index in [1.807, 2.05) is 43.3 Å². The predicted octanol–water partition coefficient (Wildman–Crippen LogP) is 2.51. The lowest BCUT2D eigenvalue weighted by molar-refractivity contribution is 0.260. The van der Waals surface area contributed by atoms with Crippen LogP contribution in [-0.2, 0) is 4.74 Å². The molecule has 78 valence electrons. The molecule has 0 unspecified atom stereocenters. The van der Waals surface area contributed by atoms with Gasteiger partial charge < -0.3 is 9.47 Å². The lowest BCUT2D eigenvalue weighted by Gasteiger charge is -2.04. The molecular formula is C12H13NO2. The molecule has 0 aromatic heterocycles. The highest BCUT2D eigenvalue weighted by Crippen LogP contribution is 2.09. The molecule has 0 aliphatic carbocycles. The van der Waals surface area contributed by atoms with Crippen molar-refractivity contribution in [3.05, 3.63) is 42.2 Å². The standard InChI is InChI=1S/C12H13NO2/c1-2-14-9-11(8-13)10-15-12-6-4-3-5-7-12/h3-7,9H,2,10H2,1H3/b11-9+. The fraction of sp³-hybridized carbons (Fsp3) is 0.250. The number of rotatable bonds is 5. The van der Waals surface area contributed by atoms with Crippen LogP contribution in [0, 0.1) is 11.3 Å². The molecule has 1 rings (SSSR count). The number of nitrogens with zero attached hydrogens (tertiary/aromatic N) is 1. The normalized spacial score (nSPS) is 10.5. The quantitative estimate of drug-likeness (QED) is 0.545. The summed E-state index contributed by atoms with van der Waals surface area (Å²) in [7, 11) is 0. The van der Waals surface area contributed by atoms with Gasteiger partial charge in [0, 0.05) is 0 Å². The number of benzene rings is 1. The first-order valence-electron chi connectivity index (χ1n) is 4.75. The van der Waals surface area contributed by atoms with E-state index in [2.05, 4.69) is 0 Å². The Balaban J connectivity index is 2.46. The molecule has 0 bridgehead atoms. The van der Waals surface area contributed by atoms with Gasteiger partial charge in [0.25, 0.3) is 0 Å². The minimum absolute atomic E-state index is 0.237. The molecule has 0 atom stereocenters. The summed E-state index contributed by atoms with van der Waals surface area (Å²) in [5.74, 6) is 0.746. The van der Waals surface area contributed by atoms with Crippen LogP contribution >= 0.6 is 0 Å². The Hall–Kier alpha value is -1.95. The molecule has 0 saturated carbocycles. The van der Waals surface area contributed by atoms with E-state index in [1.165, 1.54) is 6.26 Å². The third kappa shape index (κ3) is 4.19. The lowest BCUT2D eigenvalue weighted by Crippen LogP contribution is -2.00. The maximum atomic E-state index is 8.75. The topological polar surface area (TPSA) is 42.2 Å². The molecule has 15 heavy (non-hydrogen) atoms. The van der Waals surface area contributed by atoms with Gasteiger partial charge in [0.05, 0.1) is 6.61 Å². The first-order chi connectivity index (χ1) is 7.36. The van der Waals surface area contributed by atoms with Crippen LogP contribution in [0.5, 0.6) is 5.75 Å². The molecule has 0 radical (unpaired) electrons. The predicted molar refractivity (Wildman–Crippen MR) is 57.3 cm³/mol. The van der Waals surface area contributed by atoms with Crippen LogP contribution in [-0.4, -0.2) is 13.2 Å². The van der Waals surface area contributed by atoms with E-state index >= 15 is 0 Å². The van der Waals surface area contributed by atoms with E-state index in [-0.39, 0.29) is 6.61 Å². The first-order valence-corrected chi connectivity index (χ1v) is 4.75. The fourth-order valence-corrected chi connectivity index (χ4v) is 0.954. The summed E-state index contributed by atoms with van der Waals surface area (Å²) < 4.78 is 10.4. The number of nitriles is 1. The largest absolute Gasteiger partial charge is 0.500 e. The summed E-state index contributed by atoms with van der Waals surface area (Å²) in [6.07, 6.45) is 1.43. The van der Waals surface area contributed by atoms with Crippen LogP contribution in [0.4, 0.5) is 0 Å². The smallest absolute Gasteiger partial charge is 0.126 e. The van der Waals surface area contributed by atoms with Crippen LogP contribution in [0.15, 0.2) is 42.2 Å². The van der Waals surface area contributed by atoms with Crippen molar-refractivity contribution in [2.45, 2.75) is 6.92 Å². The van der Waals surface area contributed by atoms with Crippen LogP contribution in [0.25, 0.3) is 0 Å². The van der Waals surface area contributed by atoms with Crippen LogP contribution in [0.3, 0.4) is 0 Å². The van der Waals surface area contributed by atoms with Crippen molar-refractivity contribution >= 4 is 0 Å². The summed E-state index contributed by atoms with van der Waals surface area (Å²) >= 11 is 0. The summed E-state index contributed by atoms with van der Waals surface area (Å²) in [5, 5.41) is 8.75. The molecule has 0 spiro atoms. The zero-order valence-electron chi connectivity index (χ0n) is 8.64. The Bertz CT molecular complexity index is 352. The highest BCUT2D eigenvalue weighted by atomic mass is 16.5. The first kappa shape index (κ1) is 11.1. The van der Waals surface area contributed by atoms with Crippen molar-refractivity contribution in [2.75, 3.05) is 13.2 Å². The van der Waals surface area contributed by atoms with Crippen molar-refractivity contribution < 1.29 is 9.47 Å². The van der Waals surface area contributed by atoms with Gasteiger partial charge in [-0.05, 0) is 19.1 Å². The second kappa shape index (κ2) is 6.50.